The summed E-state index contributed by atoms with van der Waals surface area (Å²) in [6, 6.07) is 0. The summed E-state index contributed by atoms with van der Waals surface area (Å²) in [7, 11) is 1.42. The van der Waals surface area contributed by atoms with Crippen LogP contribution in [0.2, 0.25) is 0 Å². The summed E-state index contributed by atoms with van der Waals surface area (Å²) in [6.45, 7) is 2.30. The number of rotatable bonds is 4. The fraction of sp³-hybridized carbons (Fsp3) is 0.826. The van der Waals surface area contributed by atoms with E-state index in [1.54, 1.807) is 0 Å². The number of carbonyl (C=O) groups excluding carboxylic acids is 2. The summed E-state index contributed by atoms with van der Waals surface area (Å²) in [4.78, 5) is 25.1. The molecule has 8 nitrogen and oxygen atoms in total. The zero-order valence-electron chi connectivity index (χ0n) is 18.2. The van der Waals surface area contributed by atoms with E-state index in [2.05, 4.69) is 6.92 Å². The minimum absolute atomic E-state index is 0.0154. The summed E-state index contributed by atoms with van der Waals surface area (Å²) in [5.41, 5.74) is -0.591. The van der Waals surface area contributed by atoms with Crippen LogP contribution in [0.25, 0.3) is 0 Å². The molecule has 5 aliphatic rings. The second kappa shape index (κ2) is 7.27. The van der Waals surface area contributed by atoms with Gasteiger partial charge in [0.05, 0.1) is 32.3 Å². The standard InChI is InChI=1S/C23H32O8/c1-13-14-4-5-17-21(19(26)28-2)6-3-7-22(17,20(30-12-21)29-9-8-24)16(14)11-23(27)15(13)10-18(25)31-23/h10,13-14,16-17,20,24,27H,3-9,11-12H2,1-2H3/t13-,14+,16+,17+,20-,21+,22?,23-/m1/s1. The number of carbonyl (C=O) groups is 2. The van der Waals surface area contributed by atoms with Gasteiger partial charge < -0.3 is 29.2 Å². The van der Waals surface area contributed by atoms with Crippen molar-refractivity contribution in [3.8, 4) is 0 Å². The van der Waals surface area contributed by atoms with Crippen LogP contribution in [0, 0.1) is 34.5 Å². The maximum Gasteiger partial charge on any atom is 0.333 e. The zero-order chi connectivity index (χ0) is 22.0. The predicted molar refractivity (Wildman–Crippen MR) is 106 cm³/mol. The normalized spacial score (nSPS) is 48.1. The van der Waals surface area contributed by atoms with Gasteiger partial charge in [0.1, 0.15) is 0 Å². The lowest BCUT2D eigenvalue weighted by Gasteiger charge is -2.67. The monoisotopic (exact) mass is 436 g/mol. The molecule has 3 aliphatic carbocycles. The van der Waals surface area contributed by atoms with Crippen LogP contribution in [-0.4, -0.2) is 61.2 Å². The Kier molecular flexibility index (Phi) is 5.01. The molecule has 8 atom stereocenters. The molecule has 4 fully saturated rings. The molecule has 1 saturated heterocycles. The third kappa shape index (κ3) is 2.74. The first kappa shape index (κ1) is 21.4. The summed E-state index contributed by atoms with van der Waals surface area (Å²) in [6.07, 6.45) is 5.19. The van der Waals surface area contributed by atoms with E-state index in [0.717, 1.165) is 25.7 Å². The van der Waals surface area contributed by atoms with E-state index in [1.165, 1.54) is 13.2 Å². The molecule has 0 aromatic rings. The first-order valence-electron chi connectivity index (χ1n) is 11.4. The number of fused-ring (bicyclic) bond motifs is 2. The van der Waals surface area contributed by atoms with Gasteiger partial charge in [-0.3, -0.25) is 4.79 Å². The van der Waals surface area contributed by atoms with Crippen LogP contribution in [-0.2, 0) is 28.5 Å². The van der Waals surface area contributed by atoms with Crippen molar-refractivity contribution < 1.29 is 38.7 Å². The van der Waals surface area contributed by atoms with Crippen LogP contribution in [0.1, 0.15) is 45.4 Å². The maximum atomic E-state index is 13.1. The molecule has 0 aromatic carbocycles. The first-order valence-corrected chi connectivity index (χ1v) is 11.4. The molecular weight excluding hydrogens is 404 g/mol. The van der Waals surface area contributed by atoms with Crippen molar-refractivity contribution in [2.75, 3.05) is 26.9 Å². The number of methoxy groups -OCH3 is 1. The molecule has 2 heterocycles. The van der Waals surface area contributed by atoms with Gasteiger partial charge >= 0.3 is 11.9 Å². The molecule has 1 unspecified atom stereocenters. The van der Waals surface area contributed by atoms with Crippen molar-refractivity contribution in [2.45, 2.75) is 57.5 Å². The summed E-state index contributed by atoms with van der Waals surface area (Å²) in [5, 5.41) is 20.7. The van der Waals surface area contributed by atoms with Crippen molar-refractivity contribution in [3.05, 3.63) is 11.6 Å². The van der Waals surface area contributed by atoms with Gasteiger partial charge in [0.25, 0.3) is 0 Å². The Morgan fingerprint density at radius 3 is 2.87 bits per heavy atom. The predicted octanol–water partition coefficient (Wildman–Crippen LogP) is 1.54. The lowest BCUT2D eigenvalue weighted by atomic mass is 9.40. The van der Waals surface area contributed by atoms with Crippen molar-refractivity contribution in [3.63, 3.8) is 0 Å². The third-order valence-corrected chi connectivity index (χ3v) is 9.05. The van der Waals surface area contributed by atoms with Crippen molar-refractivity contribution >= 4 is 11.9 Å². The first-order chi connectivity index (χ1) is 14.8. The van der Waals surface area contributed by atoms with Gasteiger partial charge in [-0.15, -0.1) is 0 Å². The molecule has 0 spiro atoms. The molecule has 2 aliphatic heterocycles. The van der Waals surface area contributed by atoms with Gasteiger partial charge in [0.2, 0.25) is 5.79 Å². The van der Waals surface area contributed by atoms with E-state index >= 15 is 0 Å². The Morgan fingerprint density at radius 1 is 1.32 bits per heavy atom. The van der Waals surface area contributed by atoms with Crippen LogP contribution in [0.4, 0.5) is 0 Å². The number of hydrogen-bond donors (Lipinski definition) is 2. The Hall–Kier alpha value is -1.48. The van der Waals surface area contributed by atoms with Gasteiger partial charge in [-0.25, -0.2) is 4.79 Å². The second-order valence-electron chi connectivity index (χ2n) is 10.0. The van der Waals surface area contributed by atoms with Gasteiger partial charge in [-0.05, 0) is 49.4 Å². The molecule has 8 heteroatoms. The Morgan fingerprint density at radius 2 is 2.13 bits per heavy atom. The minimum Gasteiger partial charge on any atom is -0.469 e. The summed E-state index contributed by atoms with van der Waals surface area (Å²) in [5.74, 6) is -2.23. The number of aliphatic hydroxyl groups excluding tert-OH is 1. The largest absolute Gasteiger partial charge is 0.469 e. The van der Waals surface area contributed by atoms with Crippen LogP contribution in [0.5, 0.6) is 0 Å². The smallest absolute Gasteiger partial charge is 0.333 e. The Balaban J connectivity index is 1.61. The highest BCUT2D eigenvalue weighted by atomic mass is 16.7. The van der Waals surface area contributed by atoms with Gasteiger partial charge in [-0.2, -0.15) is 0 Å². The SMILES string of the molecule is COC(=O)[C@@]12CCCC3([C@H](OCCO)OC1)[C@H]2CC[C@H]1[C@@H](C)C2=CC(=O)O[C@]2(O)C[C@@H]13. The molecular formula is C23H32O8. The molecule has 0 radical (unpaired) electrons. The maximum absolute atomic E-state index is 13.1. The van der Waals surface area contributed by atoms with Gasteiger partial charge in [0.15, 0.2) is 6.29 Å². The molecule has 31 heavy (non-hydrogen) atoms. The van der Waals surface area contributed by atoms with Crippen molar-refractivity contribution in [2.24, 2.45) is 34.5 Å². The highest BCUT2D eigenvalue weighted by Crippen LogP contribution is 2.70. The number of aliphatic hydroxyl groups is 2. The van der Waals surface area contributed by atoms with Gasteiger partial charge in [0, 0.05) is 23.5 Å². The molecule has 5 rings (SSSR count). The lowest BCUT2D eigenvalue weighted by molar-refractivity contribution is -0.343. The van der Waals surface area contributed by atoms with E-state index < -0.39 is 28.9 Å². The number of esters is 2. The highest BCUT2D eigenvalue weighted by molar-refractivity contribution is 5.86. The molecule has 2 bridgehead atoms. The fourth-order valence-corrected chi connectivity index (χ4v) is 8.01. The van der Waals surface area contributed by atoms with E-state index in [-0.39, 0.29) is 55.9 Å². The van der Waals surface area contributed by atoms with Crippen LogP contribution < -0.4 is 0 Å². The quantitative estimate of drug-likeness (QED) is 0.639. The van der Waals surface area contributed by atoms with E-state index in [9.17, 15) is 19.8 Å². The topological polar surface area (TPSA) is 112 Å². The average Bonchev–Trinajstić information content (AvgIpc) is 3.06. The van der Waals surface area contributed by atoms with E-state index in [0.29, 0.717) is 12.0 Å². The van der Waals surface area contributed by atoms with Crippen molar-refractivity contribution in [1.29, 1.82) is 0 Å². The van der Waals surface area contributed by atoms with Crippen LogP contribution >= 0.6 is 0 Å². The van der Waals surface area contributed by atoms with Crippen LogP contribution in [0.15, 0.2) is 11.6 Å². The minimum atomic E-state index is -1.61. The number of ether oxygens (including phenoxy) is 4. The second-order valence-corrected chi connectivity index (χ2v) is 10.0. The Bertz CT molecular complexity index is 809. The van der Waals surface area contributed by atoms with Gasteiger partial charge in [-0.1, -0.05) is 13.3 Å². The molecule has 172 valence electrons. The molecule has 0 amide bonds. The lowest BCUT2D eigenvalue weighted by Crippen LogP contribution is -2.70. The Labute approximate surface area is 181 Å². The zero-order valence-corrected chi connectivity index (χ0v) is 18.2. The summed E-state index contributed by atoms with van der Waals surface area (Å²) < 4.78 is 23.0. The fourth-order valence-electron chi connectivity index (χ4n) is 8.01. The van der Waals surface area contributed by atoms with Crippen LogP contribution in [0.3, 0.4) is 0 Å². The molecule has 0 aromatic heterocycles. The van der Waals surface area contributed by atoms with Crippen molar-refractivity contribution in [1.82, 2.24) is 0 Å². The third-order valence-electron chi connectivity index (χ3n) is 9.05. The average molecular weight is 437 g/mol. The highest BCUT2D eigenvalue weighted by Gasteiger charge is 2.72. The summed E-state index contributed by atoms with van der Waals surface area (Å²) >= 11 is 0. The molecule has 2 N–H and O–H groups in total. The molecule has 3 saturated carbocycles. The van der Waals surface area contributed by atoms with E-state index in [1.807, 2.05) is 0 Å². The van der Waals surface area contributed by atoms with E-state index in [4.69, 9.17) is 18.9 Å². The number of hydrogen-bond acceptors (Lipinski definition) is 8.